The van der Waals surface area contributed by atoms with Gasteiger partial charge in [-0.15, -0.1) is 0 Å². The minimum Gasteiger partial charge on any atom is -0.295 e. The molecule has 174 valence electrons. The predicted octanol–water partition coefficient (Wildman–Crippen LogP) is 4.95. The van der Waals surface area contributed by atoms with Gasteiger partial charge in [-0.3, -0.25) is 19.6 Å². The highest BCUT2D eigenvalue weighted by molar-refractivity contribution is 7.92. The molecule has 0 bridgehead atoms. The molecule has 0 aliphatic heterocycles. The van der Waals surface area contributed by atoms with E-state index in [2.05, 4.69) is 14.8 Å². The Labute approximate surface area is 198 Å². The molecule has 0 spiro atoms. The van der Waals surface area contributed by atoms with Crippen LogP contribution in [0, 0.1) is 27.7 Å². The fourth-order valence-corrected chi connectivity index (χ4v) is 4.50. The summed E-state index contributed by atoms with van der Waals surface area (Å²) in [5.74, 6) is 0. The lowest BCUT2D eigenvalue weighted by Crippen LogP contribution is -2.17. The number of aliphatic imine (C=N–C) groups is 1. The van der Waals surface area contributed by atoms with Gasteiger partial charge in [0.2, 0.25) is 0 Å². The van der Waals surface area contributed by atoms with Gasteiger partial charge in [0.05, 0.1) is 21.8 Å². The molecule has 1 heterocycles. The van der Waals surface area contributed by atoms with E-state index in [1.54, 1.807) is 24.3 Å². The molecule has 4 aromatic rings. The molecule has 0 unspecified atom stereocenters. The van der Waals surface area contributed by atoms with Crippen LogP contribution in [0.5, 0.6) is 0 Å². The summed E-state index contributed by atoms with van der Waals surface area (Å²) in [6.45, 7) is 7.77. The van der Waals surface area contributed by atoms with Crippen LogP contribution in [-0.4, -0.2) is 24.4 Å². The van der Waals surface area contributed by atoms with Gasteiger partial charge in [0.15, 0.2) is 0 Å². The molecular formula is C26H26N4O3S. The van der Waals surface area contributed by atoms with Crippen LogP contribution < -0.4 is 10.3 Å². The lowest BCUT2D eigenvalue weighted by atomic mass is 10.1. The molecule has 0 amide bonds. The number of sulfonamides is 1. The van der Waals surface area contributed by atoms with Crippen molar-refractivity contribution in [3.05, 3.63) is 105 Å². The molecule has 3 aromatic carbocycles. The van der Waals surface area contributed by atoms with E-state index in [-0.39, 0.29) is 10.5 Å². The van der Waals surface area contributed by atoms with Crippen molar-refractivity contribution in [3.8, 4) is 5.69 Å². The Balaban J connectivity index is 1.54. The van der Waals surface area contributed by atoms with E-state index in [9.17, 15) is 13.2 Å². The van der Waals surface area contributed by atoms with Gasteiger partial charge >= 0.3 is 0 Å². The number of nitrogens with zero attached hydrogens (tertiary/aromatic N) is 2. The highest BCUT2D eigenvalue weighted by Crippen LogP contribution is 2.20. The molecule has 34 heavy (non-hydrogen) atoms. The van der Waals surface area contributed by atoms with Crippen molar-refractivity contribution in [2.24, 2.45) is 4.99 Å². The van der Waals surface area contributed by atoms with E-state index >= 15 is 0 Å². The first-order chi connectivity index (χ1) is 16.1. The van der Waals surface area contributed by atoms with Gasteiger partial charge in [-0.05, 0) is 87.4 Å². The minimum atomic E-state index is -3.72. The summed E-state index contributed by atoms with van der Waals surface area (Å²) in [6.07, 6.45) is 1.50. The largest absolute Gasteiger partial charge is 0.295 e. The van der Waals surface area contributed by atoms with Gasteiger partial charge in [0.25, 0.3) is 15.6 Å². The second-order valence-corrected chi connectivity index (χ2v) is 9.97. The Morgan fingerprint density at radius 2 is 1.56 bits per heavy atom. The first kappa shape index (κ1) is 23.3. The maximum atomic E-state index is 12.9. The number of anilines is 1. The predicted molar refractivity (Wildman–Crippen MR) is 136 cm³/mol. The summed E-state index contributed by atoms with van der Waals surface area (Å²) in [7, 11) is -3.72. The molecule has 0 aliphatic carbocycles. The van der Waals surface area contributed by atoms with E-state index in [4.69, 9.17) is 0 Å². The van der Waals surface area contributed by atoms with E-state index in [1.807, 2.05) is 58.0 Å². The molecule has 1 aromatic heterocycles. The number of hydrogen-bond donors (Lipinski definition) is 2. The van der Waals surface area contributed by atoms with Crippen molar-refractivity contribution in [2.45, 2.75) is 32.6 Å². The molecule has 0 saturated heterocycles. The summed E-state index contributed by atoms with van der Waals surface area (Å²) >= 11 is 0. The third kappa shape index (κ3) is 4.87. The van der Waals surface area contributed by atoms with Gasteiger partial charge in [-0.1, -0.05) is 23.8 Å². The fraction of sp³-hybridized carbons (Fsp3) is 0.154. The topological polar surface area (TPSA) is 96.3 Å². The third-order valence-electron chi connectivity index (χ3n) is 5.66. The Morgan fingerprint density at radius 1 is 0.882 bits per heavy atom. The monoisotopic (exact) mass is 474 g/mol. The number of H-pyrrole nitrogens is 1. The molecule has 2 N–H and O–H groups in total. The molecule has 0 saturated carbocycles. The van der Waals surface area contributed by atoms with Crippen LogP contribution in [-0.2, 0) is 10.0 Å². The van der Waals surface area contributed by atoms with Crippen molar-refractivity contribution < 1.29 is 8.42 Å². The number of hydrogen-bond acceptors (Lipinski definition) is 4. The van der Waals surface area contributed by atoms with E-state index < -0.39 is 10.0 Å². The second-order valence-electron chi connectivity index (χ2n) is 8.28. The van der Waals surface area contributed by atoms with E-state index in [0.717, 1.165) is 22.4 Å². The lowest BCUT2D eigenvalue weighted by Gasteiger charge is -2.08. The van der Waals surface area contributed by atoms with Crippen LogP contribution in [0.15, 0.2) is 81.4 Å². The summed E-state index contributed by atoms with van der Waals surface area (Å²) in [5.41, 5.74) is 6.01. The maximum Gasteiger partial charge on any atom is 0.280 e. The fourth-order valence-electron chi connectivity index (χ4n) is 3.44. The first-order valence-electron chi connectivity index (χ1n) is 10.8. The van der Waals surface area contributed by atoms with Crippen molar-refractivity contribution in [1.82, 2.24) is 9.78 Å². The van der Waals surface area contributed by atoms with Crippen LogP contribution >= 0.6 is 0 Å². The normalized spacial score (nSPS) is 11.8. The van der Waals surface area contributed by atoms with Crippen molar-refractivity contribution in [3.63, 3.8) is 0 Å². The summed E-state index contributed by atoms with van der Waals surface area (Å²) in [5, 5.41) is 3.09. The lowest BCUT2D eigenvalue weighted by molar-refractivity contribution is 0.601. The van der Waals surface area contributed by atoms with E-state index in [0.29, 0.717) is 22.6 Å². The van der Waals surface area contributed by atoms with Gasteiger partial charge in [-0.25, -0.2) is 13.1 Å². The Bertz CT molecular complexity index is 1530. The highest BCUT2D eigenvalue weighted by atomic mass is 32.2. The third-order valence-corrected chi connectivity index (χ3v) is 7.06. The van der Waals surface area contributed by atoms with Crippen LogP contribution in [0.1, 0.15) is 27.9 Å². The number of aryl methyl sites for hydroxylation is 4. The summed E-state index contributed by atoms with van der Waals surface area (Å²) in [6, 6.07) is 19.1. The van der Waals surface area contributed by atoms with Gasteiger partial charge in [0, 0.05) is 17.6 Å². The maximum absolute atomic E-state index is 12.9. The van der Waals surface area contributed by atoms with Crippen molar-refractivity contribution in [1.29, 1.82) is 0 Å². The SMILES string of the molecule is Cc1ccc(NS(=O)(=O)c2ccc(N=Cc3c(C)[nH]n(-c4ccc(C)c(C)c4)c3=O)cc2)cc1. The minimum absolute atomic E-state index is 0.127. The zero-order valence-electron chi connectivity index (χ0n) is 19.5. The van der Waals surface area contributed by atoms with Crippen LogP contribution in [0.4, 0.5) is 11.4 Å². The van der Waals surface area contributed by atoms with Gasteiger partial charge in [-0.2, -0.15) is 0 Å². The Morgan fingerprint density at radius 3 is 2.21 bits per heavy atom. The Kier molecular flexibility index (Phi) is 6.26. The average Bonchev–Trinajstić information content (AvgIpc) is 3.09. The van der Waals surface area contributed by atoms with Crippen LogP contribution in [0.2, 0.25) is 0 Å². The standard InChI is InChI=1S/C26H26N4O3S/c1-17-5-8-22(9-6-17)29-34(32,33)24-13-10-21(11-14-24)27-16-25-20(4)28-30(26(25)31)23-12-7-18(2)19(3)15-23/h5-16,28-29H,1-4H3. The molecule has 0 radical (unpaired) electrons. The molecule has 4 rings (SSSR count). The second kappa shape index (κ2) is 9.15. The molecule has 7 nitrogen and oxygen atoms in total. The number of benzene rings is 3. The molecule has 0 fully saturated rings. The zero-order chi connectivity index (χ0) is 24.5. The molecule has 0 atom stereocenters. The smallest absolute Gasteiger partial charge is 0.280 e. The Hall–Kier alpha value is -3.91. The van der Waals surface area contributed by atoms with Crippen LogP contribution in [0.3, 0.4) is 0 Å². The van der Waals surface area contributed by atoms with Crippen LogP contribution in [0.25, 0.3) is 5.69 Å². The number of rotatable bonds is 6. The summed E-state index contributed by atoms with van der Waals surface area (Å²) in [4.78, 5) is 17.4. The van der Waals surface area contributed by atoms with Gasteiger partial charge in [0.1, 0.15) is 0 Å². The summed E-state index contributed by atoms with van der Waals surface area (Å²) < 4.78 is 29.4. The van der Waals surface area contributed by atoms with E-state index in [1.165, 1.54) is 23.0 Å². The molecular weight excluding hydrogens is 448 g/mol. The van der Waals surface area contributed by atoms with Crippen molar-refractivity contribution >= 4 is 27.6 Å². The van der Waals surface area contributed by atoms with Crippen molar-refractivity contribution in [2.75, 3.05) is 4.72 Å². The average molecular weight is 475 g/mol. The number of nitrogens with one attached hydrogen (secondary N) is 2. The quantitative estimate of drug-likeness (QED) is 0.387. The highest BCUT2D eigenvalue weighted by Gasteiger charge is 2.14. The number of aromatic nitrogens is 2. The zero-order valence-corrected chi connectivity index (χ0v) is 20.3. The number of aromatic amines is 1. The first-order valence-corrected chi connectivity index (χ1v) is 12.3. The van der Waals surface area contributed by atoms with Gasteiger partial charge < -0.3 is 0 Å². The molecule has 0 aliphatic rings. The molecule has 8 heteroatoms.